The van der Waals surface area contributed by atoms with Crippen LogP contribution in [0.4, 0.5) is 4.39 Å². The predicted molar refractivity (Wildman–Crippen MR) is 75.5 cm³/mol. The Kier molecular flexibility index (Phi) is 4.74. The van der Waals surface area contributed by atoms with Crippen LogP contribution in [0, 0.1) is 5.82 Å². The van der Waals surface area contributed by atoms with Crippen LogP contribution in [-0.2, 0) is 6.54 Å². The molecule has 2 nitrogen and oxygen atoms in total. The van der Waals surface area contributed by atoms with E-state index >= 15 is 0 Å². The number of hydrogen-bond donors (Lipinski definition) is 1. The van der Waals surface area contributed by atoms with E-state index in [1.807, 2.05) is 36.2 Å². The lowest BCUT2D eigenvalue weighted by Gasteiger charge is -2.14. The van der Waals surface area contributed by atoms with Gasteiger partial charge >= 0.3 is 0 Å². The number of rotatable bonds is 5. The molecule has 0 aliphatic rings. The van der Waals surface area contributed by atoms with Crippen molar-refractivity contribution in [3.05, 3.63) is 46.2 Å². The second-order valence-electron chi connectivity index (χ2n) is 3.98. The van der Waals surface area contributed by atoms with Gasteiger partial charge in [-0.1, -0.05) is 6.07 Å². The van der Waals surface area contributed by atoms with E-state index in [0.717, 1.165) is 11.3 Å². The molecule has 5 heteroatoms. The molecule has 0 spiro atoms. The first-order chi connectivity index (χ1) is 8.70. The van der Waals surface area contributed by atoms with Crippen LogP contribution in [0.3, 0.4) is 0 Å². The van der Waals surface area contributed by atoms with Gasteiger partial charge in [-0.15, -0.1) is 23.1 Å². The maximum atomic E-state index is 13.7. The van der Waals surface area contributed by atoms with Crippen LogP contribution in [0.2, 0.25) is 0 Å². The van der Waals surface area contributed by atoms with Crippen LogP contribution in [0.25, 0.3) is 0 Å². The van der Waals surface area contributed by atoms with Crippen molar-refractivity contribution in [3.8, 4) is 0 Å². The number of halogens is 1. The molecule has 0 saturated carbocycles. The zero-order valence-corrected chi connectivity index (χ0v) is 11.9. The predicted octanol–water partition coefficient (Wildman–Crippen LogP) is 3.85. The highest BCUT2D eigenvalue weighted by Gasteiger charge is 2.09. The number of thiazole rings is 1. The Morgan fingerprint density at radius 1 is 1.50 bits per heavy atom. The van der Waals surface area contributed by atoms with Crippen molar-refractivity contribution in [3.63, 3.8) is 0 Å². The van der Waals surface area contributed by atoms with Gasteiger partial charge in [0.2, 0.25) is 0 Å². The van der Waals surface area contributed by atoms with Crippen LogP contribution in [0.15, 0.2) is 34.0 Å². The first-order valence-electron chi connectivity index (χ1n) is 5.64. The number of aromatic nitrogens is 1. The molecule has 0 aliphatic carbocycles. The van der Waals surface area contributed by atoms with E-state index < -0.39 is 0 Å². The van der Waals surface area contributed by atoms with Gasteiger partial charge in [-0.05, 0) is 30.9 Å². The molecule has 1 heterocycles. The summed E-state index contributed by atoms with van der Waals surface area (Å²) >= 11 is 3.00. The summed E-state index contributed by atoms with van der Waals surface area (Å²) in [5.74, 6) is -0.151. The van der Waals surface area contributed by atoms with Crippen LogP contribution < -0.4 is 5.32 Å². The van der Waals surface area contributed by atoms with Crippen LogP contribution in [0.5, 0.6) is 0 Å². The second-order valence-corrected chi connectivity index (χ2v) is 5.54. The quantitative estimate of drug-likeness (QED) is 0.843. The lowest BCUT2D eigenvalue weighted by atomic mass is 10.1. The van der Waals surface area contributed by atoms with E-state index in [1.54, 1.807) is 17.4 Å². The van der Waals surface area contributed by atoms with E-state index in [2.05, 4.69) is 10.3 Å². The Labute approximate surface area is 115 Å². The van der Waals surface area contributed by atoms with Crippen molar-refractivity contribution in [2.75, 3.05) is 6.26 Å². The molecule has 0 radical (unpaired) electrons. The SMILES string of the molecule is CSc1ccc([C@@H](C)NCc2cscn2)cc1F. The minimum Gasteiger partial charge on any atom is -0.305 e. The number of hydrogen-bond acceptors (Lipinski definition) is 4. The van der Waals surface area contributed by atoms with E-state index in [9.17, 15) is 4.39 Å². The molecular weight excluding hydrogens is 267 g/mol. The van der Waals surface area contributed by atoms with Gasteiger partial charge in [0.05, 0.1) is 11.2 Å². The summed E-state index contributed by atoms with van der Waals surface area (Å²) in [6, 6.07) is 5.51. The van der Waals surface area contributed by atoms with E-state index in [0.29, 0.717) is 11.4 Å². The van der Waals surface area contributed by atoms with Crippen molar-refractivity contribution < 1.29 is 4.39 Å². The van der Waals surface area contributed by atoms with Crippen LogP contribution >= 0.6 is 23.1 Å². The lowest BCUT2D eigenvalue weighted by molar-refractivity contribution is 0.555. The fourth-order valence-corrected chi connectivity index (χ4v) is 2.67. The van der Waals surface area contributed by atoms with E-state index in [4.69, 9.17) is 0 Å². The Bertz CT molecular complexity index is 500. The molecule has 0 aliphatic heterocycles. The molecule has 1 aromatic heterocycles. The van der Waals surface area contributed by atoms with Crippen LogP contribution in [0.1, 0.15) is 24.2 Å². The van der Waals surface area contributed by atoms with Gasteiger partial charge in [-0.25, -0.2) is 9.37 Å². The minimum atomic E-state index is -0.151. The highest BCUT2D eigenvalue weighted by molar-refractivity contribution is 7.98. The third kappa shape index (κ3) is 3.31. The summed E-state index contributed by atoms with van der Waals surface area (Å²) in [4.78, 5) is 4.89. The maximum absolute atomic E-state index is 13.7. The highest BCUT2D eigenvalue weighted by Crippen LogP contribution is 2.23. The molecule has 2 rings (SSSR count). The van der Waals surface area contributed by atoms with Crippen molar-refractivity contribution >= 4 is 23.1 Å². The van der Waals surface area contributed by atoms with Gasteiger partial charge in [-0.2, -0.15) is 0 Å². The number of nitrogens with zero attached hydrogens (tertiary/aromatic N) is 1. The van der Waals surface area contributed by atoms with Gasteiger partial charge in [0.1, 0.15) is 5.82 Å². The number of benzene rings is 1. The van der Waals surface area contributed by atoms with E-state index in [1.165, 1.54) is 11.8 Å². The Morgan fingerprint density at radius 2 is 2.33 bits per heavy atom. The van der Waals surface area contributed by atoms with Crippen molar-refractivity contribution in [2.24, 2.45) is 0 Å². The molecule has 0 fully saturated rings. The fraction of sp³-hybridized carbons (Fsp3) is 0.308. The minimum absolute atomic E-state index is 0.108. The molecule has 2 aromatic rings. The maximum Gasteiger partial charge on any atom is 0.137 e. The molecule has 0 saturated heterocycles. The van der Waals surface area contributed by atoms with Gasteiger partial charge < -0.3 is 5.32 Å². The standard InChI is InChI=1S/C13H15FN2S2/c1-9(15-6-11-7-18-8-16-11)10-3-4-13(17-2)12(14)5-10/h3-5,7-9,15H,6H2,1-2H3/t9-/m1/s1. The Hall–Kier alpha value is -0.910. The zero-order chi connectivity index (χ0) is 13.0. The smallest absolute Gasteiger partial charge is 0.137 e. The summed E-state index contributed by atoms with van der Waals surface area (Å²) in [7, 11) is 0. The fourth-order valence-electron chi connectivity index (χ4n) is 1.65. The molecule has 0 unspecified atom stereocenters. The lowest BCUT2D eigenvalue weighted by Crippen LogP contribution is -2.18. The van der Waals surface area contributed by atoms with Gasteiger partial charge in [-0.3, -0.25) is 0 Å². The largest absolute Gasteiger partial charge is 0.305 e. The Morgan fingerprint density at radius 3 is 2.94 bits per heavy atom. The third-order valence-corrected chi connectivity index (χ3v) is 4.15. The molecule has 0 bridgehead atoms. The summed E-state index contributed by atoms with van der Waals surface area (Å²) in [5, 5.41) is 5.35. The number of nitrogens with one attached hydrogen (secondary N) is 1. The first-order valence-corrected chi connectivity index (χ1v) is 7.81. The highest BCUT2D eigenvalue weighted by atomic mass is 32.2. The van der Waals surface area contributed by atoms with Crippen molar-refractivity contribution in [1.29, 1.82) is 0 Å². The molecular formula is C13H15FN2S2. The molecule has 0 amide bonds. The first kappa shape index (κ1) is 13.5. The summed E-state index contributed by atoms with van der Waals surface area (Å²) < 4.78 is 13.7. The molecule has 18 heavy (non-hydrogen) atoms. The average Bonchev–Trinajstić information content (AvgIpc) is 2.89. The van der Waals surface area contributed by atoms with E-state index in [-0.39, 0.29) is 11.9 Å². The summed E-state index contributed by atoms with van der Waals surface area (Å²) in [5.41, 5.74) is 3.79. The van der Waals surface area contributed by atoms with Crippen molar-refractivity contribution in [2.45, 2.75) is 24.4 Å². The molecule has 1 N–H and O–H groups in total. The van der Waals surface area contributed by atoms with Gasteiger partial charge in [0.15, 0.2) is 0 Å². The Balaban J connectivity index is 2.00. The zero-order valence-electron chi connectivity index (χ0n) is 10.3. The normalized spacial score (nSPS) is 12.6. The third-order valence-electron chi connectivity index (χ3n) is 2.75. The topological polar surface area (TPSA) is 24.9 Å². The van der Waals surface area contributed by atoms with Crippen LogP contribution in [-0.4, -0.2) is 11.2 Å². The average molecular weight is 282 g/mol. The summed E-state index contributed by atoms with van der Waals surface area (Å²) in [6.45, 7) is 2.73. The monoisotopic (exact) mass is 282 g/mol. The molecule has 1 aromatic carbocycles. The van der Waals surface area contributed by atoms with Gasteiger partial charge in [0.25, 0.3) is 0 Å². The number of thioether (sulfide) groups is 1. The molecule has 96 valence electrons. The second kappa shape index (κ2) is 6.31. The molecule has 1 atom stereocenters. The van der Waals surface area contributed by atoms with Gasteiger partial charge in [0, 0.05) is 22.9 Å². The van der Waals surface area contributed by atoms with Crippen molar-refractivity contribution in [1.82, 2.24) is 10.3 Å². The summed E-state index contributed by atoms with van der Waals surface area (Å²) in [6.07, 6.45) is 1.88.